The van der Waals surface area contributed by atoms with Crippen molar-refractivity contribution in [2.75, 3.05) is 31.7 Å². The number of nitrogens with zero attached hydrogens (tertiary/aromatic N) is 4. The van der Waals surface area contributed by atoms with Gasteiger partial charge in [0.1, 0.15) is 17.9 Å². The standard InChI is InChI=1S/C29H35FN4O4S/c1-19-14-23(33-39(36)12-10-34(11-13-39)20(2)35)17-27-29(19)26(31-18-32-27)15-21-4-5-22(30)16-28(21)38-25-8-6-24(37-3)7-9-25/h4-5,14,16-18,24-25H,6-13,15H2,1-3H3. The van der Waals surface area contributed by atoms with Crippen LogP contribution in [0.1, 0.15) is 49.4 Å². The first-order valence-corrected chi connectivity index (χ1v) is 15.3. The van der Waals surface area contributed by atoms with Crippen molar-refractivity contribution in [3.8, 4) is 5.75 Å². The second-order valence-electron chi connectivity index (χ2n) is 10.4. The third-order valence-corrected chi connectivity index (χ3v) is 9.90. The van der Waals surface area contributed by atoms with E-state index in [9.17, 15) is 13.4 Å². The predicted octanol–water partition coefficient (Wildman–Crippen LogP) is 4.97. The van der Waals surface area contributed by atoms with Crippen molar-refractivity contribution < 1.29 is 22.9 Å². The summed E-state index contributed by atoms with van der Waals surface area (Å²) in [5.41, 5.74) is 3.92. The average molecular weight is 555 g/mol. The number of fused-ring (bicyclic) bond motifs is 1. The normalized spacial score (nSPS) is 21.1. The highest BCUT2D eigenvalue weighted by molar-refractivity contribution is 7.93. The van der Waals surface area contributed by atoms with Crippen molar-refractivity contribution in [1.82, 2.24) is 14.9 Å². The topological polar surface area (TPSA) is 94.0 Å². The molecule has 10 heteroatoms. The molecule has 2 aromatic carbocycles. The third-order valence-electron chi connectivity index (χ3n) is 7.71. The Hall–Kier alpha value is -3.11. The van der Waals surface area contributed by atoms with Crippen LogP contribution in [-0.4, -0.2) is 68.9 Å². The van der Waals surface area contributed by atoms with Gasteiger partial charge in [0.2, 0.25) is 5.91 Å². The molecule has 0 N–H and O–H groups in total. The molecule has 0 bridgehead atoms. The number of rotatable bonds is 6. The highest BCUT2D eigenvalue weighted by Gasteiger charge is 2.24. The smallest absolute Gasteiger partial charge is 0.219 e. The minimum absolute atomic E-state index is 0.00425. The minimum Gasteiger partial charge on any atom is -0.490 e. The largest absolute Gasteiger partial charge is 0.490 e. The number of ether oxygens (including phenoxy) is 2. The molecule has 3 aromatic rings. The maximum Gasteiger partial charge on any atom is 0.219 e. The van der Waals surface area contributed by atoms with E-state index < -0.39 is 9.73 Å². The molecule has 2 heterocycles. The summed E-state index contributed by atoms with van der Waals surface area (Å²) in [6.45, 7) is 4.40. The number of carbonyl (C=O) groups excluding carboxylic acids is 1. The Balaban J connectivity index is 1.41. The molecule has 208 valence electrons. The van der Waals surface area contributed by atoms with Crippen LogP contribution in [0.3, 0.4) is 0 Å². The molecule has 0 radical (unpaired) electrons. The number of aromatic nitrogens is 2. The Morgan fingerprint density at radius 2 is 1.82 bits per heavy atom. The molecule has 1 saturated heterocycles. The summed E-state index contributed by atoms with van der Waals surface area (Å²) in [7, 11) is -0.718. The van der Waals surface area contributed by atoms with Crippen LogP contribution < -0.4 is 4.74 Å². The van der Waals surface area contributed by atoms with Crippen molar-refractivity contribution in [3.05, 3.63) is 59.3 Å². The molecule has 1 aliphatic heterocycles. The van der Waals surface area contributed by atoms with Crippen LogP contribution in [0.4, 0.5) is 10.1 Å². The first kappa shape index (κ1) is 27.5. The first-order chi connectivity index (χ1) is 18.7. The van der Waals surface area contributed by atoms with Gasteiger partial charge in [-0.15, -0.1) is 0 Å². The van der Waals surface area contributed by atoms with Gasteiger partial charge >= 0.3 is 0 Å². The predicted molar refractivity (Wildman–Crippen MR) is 149 cm³/mol. The van der Waals surface area contributed by atoms with Crippen LogP contribution in [0.5, 0.6) is 5.75 Å². The summed E-state index contributed by atoms with van der Waals surface area (Å²) in [6, 6.07) is 8.42. The number of amides is 1. The lowest BCUT2D eigenvalue weighted by molar-refractivity contribution is -0.128. The van der Waals surface area contributed by atoms with E-state index in [1.807, 2.05) is 19.1 Å². The van der Waals surface area contributed by atoms with Crippen LogP contribution in [0, 0.1) is 12.7 Å². The molecule has 1 saturated carbocycles. The summed E-state index contributed by atoms with van der Waals surface area (Å²) in [4.78, 5) is 22.4. The second kappa shape index (κ2) is 11.6. The Morgan fingerprint density at radius 3 is 2.51 bits per heavy atom. The van der Waals surface area contributed by atoms with E-state index in [-0.39, 0.29) is 23.9 Å². The molecular weight excluding hydrogens is 519 g/mol. The number of carbonyl (C=O) groups is 1. The van der Waals surface area contributed by atoms with Crippen molar-refractivity contribution in [3.63, 3.8) is 0 Å². The van der Waals surface area contributed by atoms with Gasteiger partial charge in [-0.25, -0.2) is 18.6 Å². The fraction of sp³-hybridized carbons (Fsp3) is 0.483. The highest BCUT2D eigenvalue weighted by atomic mass is 32.2. The lowest BCUT2D eigenvalue weighted by Gasteiger charge is -2.28. The number of hydrogen-bond donors (Lipinski definition) is 0. The molecule has 1 amide bonds. The molecule has 2 fully saturated rings. The molecule has 39 heavy (non-hydrogen) atoms. The van der Waals surface area contributed by atoms with E-state index in [4.69, 9.17) is 9.47 Å². The SMILES string of the molecule is COC1CCC(Oc2cc(F)ccc2Cc2ncnc3cc(N=S4(=O)CCN(C(C)=O)CC4)cc(C)c23)CC1. The fourth-order valence-corrected chi connectivity index (χ4v) is 7.37. The molecule has 5 rings (SSSR count). The van der Waals surface area contributed by atoms with Crippen molar-refractivity contribution >= 4 is 32.2 Å². The van der Waals surface area contributed by atoms with Gasteiger partial charge in [0.05, 0.1) is 38.8 Å². The monoisotopic (exact) mass is 554 g/mol. The van der Waals surface area contributed by atoms with Crippen molar-refractivity contribution in [2.45, 2.75) is 58.2 Å². The second-order valence-corrected chi connectivity index (χ2v) is 13.0. The highest BCUT2D eigenvalue weighted by Crippen LogP contribution is 2.32. The van der Waals surface area contributed by atoms with E-state index in [0.717, 1.165) is 47.9 Å². The number of hydrogen-bond acceptors (Lipinski definition) is 7. The lowest BCUT2D eigenvalue weighted by Crippen LogP contribution is -2.42. The van der Waals surface area contributed by atoms with Crippen LogP contribution in [0.25, 0.3) is 10.9 Å². The van der Waals surface area contributed by atoms with E-state index >= 15 is 0 Å². The zero-order valence-electron chi connectivity index (χ0n) is 22.7. The van der Waals surface area contributed by atoms with Gasteiger partial charge < -0.3 is 14.4 Å². The molecule has 0 unspecified atom stereocenters. The van der Waals surface area contributed by atoms with E-state index in [0.29, 0.717) is 48.0 Å². The maximum absolute atomic E-state index is 14.2. The fourth-order valence-electron chi connectivity index (χ4n) is 5.49. The summed E-state index contributed by atoms with van der Waals surface area (Å²) in [5.74, 6) is 0.923. The van der Waals surface area contributed by atoms with Gasteiger partial charge in [-0.3, -0.25) is 4.79 Å². The van der Waals surface area contributed by atoms with Gasteiger partial charge in [-0.1, -0.05) is 6.07 Å². The summed E-state index contributed by atoms with van der Waals surface area (Å²) < 4.78 is 44.0. The van der Waals surface area contributed by atoms with E-state index in [2.05, 4.69) is 14.3 Å². The third kappa shape index (κ3) is 6.38. The summed E-state index contributed by atoms with van der Waals surface area (Å²) in [6.07, 6.45) is 5.84. The Kier molecular flexibility index (Phi) is 8.13. The van der Waals surface area contributed by atoms with E-state index in [1.54, 1.807) is 18.1 Å². The van der Waals surface area contributed by atoms with Crippen LogP contribution in [-0.2, 0) is 25.7 Å². The number of aryl methyl sites for hydroxylation is 1. The number of methoxy groups -OCH3 is 1. The lowest BCUT2D eigenvalue weighted by atomic mass is 9.94. The quantitative estimate of drug-likeness (QED) is 0.427. The van der Waals surface area contributed by atoms with Gasteiger partial charge in [0.25, 0.3) is 0 Å². The van der Waals surface area contributed by atoms with Crippen LogP contribution in [0.2, 0.25) is 0 Å². The minimum atomic E-state index is -2.46. The van der Waals surface area contributed by atoms with Gasteiger partial charge in [0.15, 0.2) is 0 Å². The number of benzene rings is 2. The molecule has 0 atom stereocenters. The van der Waals surface area contributed by atoms with Gasteiger partial charge in [-0.05, 0) is 56.4 Å². The zero-order valence-corrected chi connectivity index (χ0v) is 23.5. The molecule has 1 aliphatic carbocycles. The van der Waals surface area contributed by atoms with Crippen molar-refractivity contribution in [2.24, 2.45) is 4.36 Å². The molecule has 0 spiro atoms. The maximum atomic E-state index is 14.2. The summed E-state index contributed by atoms with van der Waals surface area (Å²) in [5, 5.41) is 0.897. The average Bonchev–Trinajstić information content (AvgIpc) is 2.90. The van der Waals surface area contributed by atoms with Gasteiger partial charge in [-0.2, -0.15) is 4.36 Å². The first-order valence-electron chi connectivity index (χ1n) is 13.4. The van der Waals surface area contributed by atoms with Crippen LogP contribution in [0.15, 0.2) is 41.0 Å². The molecule has 2 aliphatic rings. The molecular formula is C29H35FN4O4S. The Morgan fingerprint density at radius 1 is 1.10 bits per heavy atom. The van der Waals surface area contributed by atoms with Crippen molar-refractivity contribution in [1.29, 1.82) is 0 Å². The summed E-state index contributed by atoms with van der Waals surface area (Å²) >= 11 is 0. The van der Waals surface area contributed by atoms with Crippen LogP contribution >= 0.6 is 0 Å². The Labute approximate surface area is 229 Å². The zero-order chi connectivity index (χ0) is 27.6. The van der Waals surface area contributed by atoms with E-state index in [1.165, 1.54) is 25.4 Å². The number of halogens is 1. The molecule has 8 nitrogen and oxygen atoms in total. The van der Waals surface area contributed by atoms with Gasteiger partial charge in [0, 0.05) is 62.1 Å². The molecule has 1 aromatic heterocycles. The Bertz CT molecular complexity index is 1480.